The Hall–Kier alpha value is -2.25. The molecule has 26 heavy (non-hydrogen) atoms. The van der Waals surface area contributed by atoms with E-state index in [4.69, 9.17) is 0 Å². The number of rotatable bonds is 7. The lowest BCUT2D eigenvalue weighted by molar-refractivity contribution is -0.384. The lowest BCUT2D eigenvalue weighted by Gasteiger charge is -2.27. The molecule has 0 saturated heterocycles. The molecule has 1 amide bonds. The Morgan fingerprint density at radius 1 is 1.42 bits per heavy atom. The predicted octanol–water partition coefficient (Wildman–Crippen LogP) is 1.96. The number of amides is 1. The molecule has 0 bridgehead atoms. The van der Waals surface area contributed by atoms with Gasteiger partial charge >= 0.3 is 0 Å². The van der Waals surface area contributed by atoms with Crippen LogP contribution >= 0.6 is 23.1 Å². The van der Waals surface area contributed by atoms with E-state index in [9.17, 15) is 23.3 Å². The number of sulfonamides is 1. The van der Waals surface area contributed by atoms with Crippen LogP contribution < -0.4 is 9.62 Å². The van der Waals surface area contributed by atoms with E-state index >= 15 is 0 Å². The minimum absolute atomic E-state index is 0.0198. The predicted molar refractivity (Wildman–Crippen MR) is 100 cm³/mol. The van der Waals surface area contributed by atoms with Gasteiger partial charge in [0.1, 0.15) is 6.04 Å². The molecule has 1 unspecified atom stereocenters. The maximum atomic E-state index is 12.5. The highest BCUT2D eigenvalue weighted by atomic mass is 32.2. The highest BCUT2D eigenvalue weighted by molar-refractivity contribution is 8.00. The smallest absolute Gasteiger partial charge is 0.271 e. The number of anilines is 2. The largest absolute Gasteiger partial charge is 0.299 e. The molecule has 0 aliphatic carbocycles. The summed E-state index contributed by atoms with van der Waals surface area (Å²) in [4.78, 5) is 22.8. The molecular weight excluding hydrogens is 402 g/mol. The fraction of sp³-hybridized carbons (Fsp3) is 0.308. The summed E-state index contributed by atoms with van der Waals surface area (Å²) in [6.07, 6.45) is 2.73. The Labute approximate surface area is 157 Å². The van der Waals surface area contributed by atoms with E-state index in [2.05, 4.69) is 15.5 Å². The van der Waals surface area contributed by atoms with Gasteiger partial charge < -0.3 is 0 Å². The maximum Gasteiger partial charge on any atom is 0.271 e. The summed E-state index contributed by atoms with van der Waals surface area (Å²) in [5, 5.41) is 21.3. The Balaban J connectivity index is 2.33. The van der Waals surface area contributed by atoms with Crippen molar-refractivity contribution in [1.29, 1.82) is 0 Å². The first-order valence-electron chi connectivity index (χ1n) is 7.05. The van der Waals surface area contributed by atoms with Gasteiger partial charge in [0.25, 0.3) is 5.69 Å². The number of nitro groups is 1. The number of carbonyl (C=O) groups excluding carboxylic acids is 1. The molecule has 0 aliphatic rings. The molecule has 0 spiro atoms. The zero-order valence-electron chi connectivity index (χ0n) is 13.9. The zero-order valence-corrected chi connectivity index (χ0v) is 16.4. The van der Waals surface area contributed by atoms with E-state index in [1.807, 2.05) is 6.26 Å². The molecule has 2 aromatic rings. The van der Waals surface area contributed by atoms with E-state index in [0.29, 0.717) is 4.34 Å². The van der Waals surface area contributed by atoms with Gasteiger partial charge in [0.2, 0.25) is 21.1 Å². The van der Waals surface area contributed by atoms with Gasteiger partial charge in [-0.2, -0.15) is 0 Å². The van der Waals surface area contributed by atoms with Gasteiger partial charge in [0, 0.05) is 12.1 Å². The zero-order chi connectivity index (χ0) is 19.5. The monoisotopic (exact) mass is 417 g/mol. The third-order valence-electron chi connectivity index (χ3n) is 3.19. The SMILES string of the molecule is CSc1nnc(NC(=O)C(C)N(c2cccc([N+](=O)[O-])c2)S(C)(=O)=O)s1. The fourth-order valence-electron chi connectivity index (χ4n) is 2.11. The van der Waals surface area contributed by atoms with Crippen molar-refractivity contribution in [2.24, 2.45) is 0 Å². The van der Waals surface area contributed by atoms with Crippen LogP contribution in [0.15, 0.2) is 28.6 Å². The first kappa shape index (κ1) is 20.1. The quantitative estimate of drug-likeness (QED) is 0.312. The van der Waals surface area contributed by atoms with Crippen LogP contribution in [0.1, 0.15) is 6.92 Å². The number of nitrogens with one attached hydrogen (secondary N) is 1. The topological polar surface area (TPSA) is 135 Å². The van der Waals surface area contributed by atoms with Crippen LogP contribution in [0.25, 0.3) is 0 Å². The van der Waals surface area contributed by atoms with Crippen LogP contribution in [0.2, 0.25) is 0 Å². The molecule has 2 rings (SSSR count). The molecule has 0 radical (unpaired) electrons. The molecule has 1 aromatic carbocycles. The molecule has 0 fully saturated rings. The van der Waals surface area contributed by atoms with E-state index in [1.54, 1.807) is 0 Å². The summed E-state index contributed by atoms with van der Waals surface area (Å²) in [6.45, 7) is 1.38. The van der Waals surface area contributed by atoms with Crippen molar-refractivity contribution in [2.45, 2.75) is 17.3 Å². The van der Waals surface area contributed by atoms with E-state index in [0.717, 1.165) is 28.0 Å². The van der Waals surface area contributed by atoms with Crippen molar-refractivity contribution in [2.75, 3.05) is 22.1 Å². The number of thioether (sulfide) groups is 1. The fourth-order valence-corrected chi connectivity index (χ4v) is 4.44. The molecule has 140 valence electrons. The molecule has 10 nitrogen and oxygen atoms in total. The minimum atomic E-state index is -3.88. The Kier molecular flexibility index (Phi) is 6.15. The highest BCUT2D eigenvalue weighted by Crippen LogP contribution is 2.27. The van der Waals surface area contributed by atoms with Crippen LogP contribution in [-0.4, -0.2) is 48.0 Å². The van der Waals surface area contributed by atoms with E-state index in [-0.39, 0.29) is 16.5 Å². The molecular formula is C13H15N5O5S3. The molecule has 1 atom stereocenters. The van der Waals surface area contributed by atoms with Crippen molar-refractivity contribution >= 4 is 55.5 Å². The van der Waals surface area contributed by atoms with Crippen LogP contribution in [0.3, 0.4) is 0 Å². The Morgan fingerprint density at radius 3 is 2.65 bits per heavy atom. The van der Waals surface area contributed by atoms with Crippen LogP contribution in [0, 0.1) is 10.1 Å². The summed E-state index contributed by atoms with van der Waals surface area (Å²) < 4.78 is 25.9. The molecule has 1 aromatic heterocycles. The standard InChI is InChI=1S/C13H15N5O5S3/c1-8(11(19)14-12-15-16-13(24-2)25-12)17(26(3,22)23)9-5-4-6-10(7-9)18(20)21/h4-8H,1-3H3,(H,14,15,19). The number of benzene rings is 1. The average molecular weight is 417 g/mol. The van der Waals surface area contributed by atoms with Gasteiger partial charge in [-0.05, 0) is 19.2 Å². The lowest BCUT2D eigenvalue weighted by atomic mass is 10.2. The Bertz CT molecular complexity index is 930. The van der Waals surface area contributed by atoms with Crippen molar-refractivity contribution in [3.8, 4) is 0 Å². The van der Waals surface area contributed by atoms with Gasteiger partial charge in [0.05, 0.1) is 16.9 Å². The second kappa shape index (κ2) is 7.97. The number of nitrogens with zero attached hydrogens (tertiary/aromatic N) is 4. The number of carbonyl (C=O) groups is 1. The number of nitro benzene ring substituents is 1. The third-order valence-corrected chi connectivity index (χ3v) is 6.25. The van der Waals surface area contributed by atoms with Crippen molar-refractivity contribution in [1.82, 2.24) is 10.2 Å². The van der Waals surface area contributed by atoms with Crippen LogP contribution in [0.4, 0.5) is 16.5 Å². The Morgan fingerprint density at radius 2 is 2.12 bits per heavy atom. The number of aromatic nitrogens is 2. The molecule has 13 heteroatoms. The van der Waals surface area contributed by atoms with Crippen molar-refractivity contribution in [3.05, 3.63) is 34.4 Å². The number of non-ortho nitro benzene ring substituents is 1. The summed E-state index contributed by atoms with van der Waals surface area (Å²) in [6, 6.07) is 3.91. The molecule has 1 N–H and O–H groups in total. The first-order chi connectivity index (χ1) is 12.1. The number of hydrogen-bond acceptors (Lipinski definition) is 9. The third kappa shape index (κ3) is 4.68. The average Bonchev–Trinajstić information content (AvgIpc) is 3.01. The van der Waals surface area contributed by atoms with Gasteiger partial charge in [-0.1, -0.05) is 29.2 Å². The van der Waals surface area contributed by atoms with Gasteiger partial charge in [-0.25, -0.2) is 8.42 Å². The maximum absolute atomic E-state index is 12.5. The number of hydrogen-bond donors (Lipinski definition) is 1. The second-order valence-electron chi connectivity index (χ2n) is 5.08. The van der Waals surface area contributed by atoms with Gasteiger partial charge in [-0.3, -0.25) is 24.5 Å². The normalized spacial score (nSPS) is 12.4. The molecule has 0 saturated carbocycles. The summed E-state index contributed by atoms with van der Waals surface area (Å²) in [7, 11) is -3.88. The first-order valence-corrected chi connectivity index (χ1v) is 10.9. The molecule has 1 heterocycles. The highest BCUT2D eigenvalue weighted by Gasteiger charge is 2.30. The van der Waals surface area contributed by atoms with Crippen LogP contribution in [-0.2, 0) is 14.8 Å². The van der Waals surface area contributed by atoms with Gasteiger partial charge in [0.15, 0.2) is 4.34 Å². The van der Waals surface area contributed by atoms with E-state index in [1.165, 1.54) is 36.9 Å². The van der Waals surface area contributed by atoms with Gasteiger partial charge in [-0.15, -0.1) is 10.2 Å². The molecule has 0 aliphatic heterocycles. The summed E-state index contributed by atoms with van der Waals surface area (Å²) >= 11 is 2.51. The minimum Gasteiger partial charge on any atom is -0.299 e. The summed E-state index contributed by atoms with van der Waals surface area (Å²) in [5.41, 5.74) is -0.260. The second-order valence-corrected chi connectivity index (χ2v) is 8.97. The van der Waals surface area contributed by atoms with Crippen molar-refractivity contribution < 1.29 is 18.1 Å². The van der Waals surface area contributed by atoms with E-state index < -0.39 is 26.9 Å². The summed E-state index contributed by atoms with van der Waals surface area (Å²) in [5.74, 6) is -0.634. The lowest BCUT2D eigenvalue weighted by Crippen LogP contribution is -2.45. The van der Waals surface area contributed by atoms with Crippen LogP contribution in [0.5, 0.6) is 0 Å². The van der Waals surface area contributed by atoms with Crippen molar-refractivity contribution in [3.63, 3.8) is 0 Å².